The number of aryl methyl sites for hydroxylation is 2. The zero-order chi connectivity index (χ0) is 19.5. The van der Waals surface area contributed by atoms with E-state index in [1.54, 1.807) is 19.6 Å². The van der Waals surface area contributed by atoms with Crippen molar-refractivity contribution in [3.05, 3.63) is 47.7 Å². The molecule has 3 aromatic heterocycles. The Hall–Kier alpha value is -2.94. The van der Waals surface area contributed by atoms with Crippen LogP contribution in [0.3, 0.4) is 0 Å². The Kier molecular flexibility index (Phi) is 5.25. The third-order valence-corrected chi connectivity index (χ3v) is 5.04. The van der Waals surface area contributed by atoms with Gasteiger partial charge in [0.05, 0.1) is 24.2 Å². The van der Waals surface area contributed by atoms with E-state index in [2.05, 4.69) is 36.2 Å². The molecule has 9 heteroatoms. The molecule has 0 spiro atoms. The minimum Gasteiger partial charge on any atom is -0.496 e. The van der Waals surface area contributed by atoms with E-state index in [1.165, 1.54) is 0 Å². The molecule has 0 aliphatic rings. The average Bonchev–Trinajstić information content (AvgIpc) is 3.35. The number of nitrogens with one attached hydrogen (secondary N) is 1. The summed E-state index contributed by atoms with van der Waals surface area (Å²) in [5.41, 5.74) is 3.28. The molecule has 0 fully saturated rings. The Morgan fingerprint density at radius 1 is 1.21 bits per heavy atom. The van der Waals surface area contributed by atoms with Crippen LogP contribution in [-0.2, 0) is 13.6 Å². The largest absolute Gasteiger partial charge is 0.496 e. The van der Waals surface area contributed by atoms with E-state index in [4.69, 9.17) is 9.72 Å². The van der Waals surface area contributed by atoms with Crippen LogP contribution in [0.1, 0.15) is 6.42 Å². The van der Waals surface area contributed by atoms with E-state index in [0.29, 0.717) is 5.95 Å². The van der Waals surface area contributed by atoms with Crippen LogP contribution in [0.4, 0.5) is 5.95 Å². The topological polar surface area (TPSA) is 82.7 Å². The summed E-state index contributed by atoms with van der Waals surface area (Å²) in [6, 6.07) is 5.87. The van der Waals surface area contributed by atoms with Gasteiger partial charge in [0.2, 0.25) is 5.95 Å². The van der Waals surface area contributed by atoms with Gasteiger partial charge in [-0.15, -0.1) is 0 Å². The molecule has 4 rings (SSSR count). The fourth-order valence-corrected chi connectivity index (χ4v) is 3.52. The summed E-state index contributed by atoms with van der Waals surface area (Å²) in [7, 11) is 3.58. The molecule has 0 atom stereocenters. The summed E-state index contributed by atoms with van der Waals surface area (Å²) in [5.74, 6) is 1.36. The second-order valence-electron chi connectivity index (χ2n) is 6.35. The third-order valence-electron chi connectivity index (χ3n) is 4.42. The summed E-state index contributed by atoms with van der Waals surface area (Å²) in [6.07, 6.45) is 8.25. The lowest BCUT2D eigenvalue weighted by Crippen LogP contribution is -2.09. The summed E-state index contributed by atoms with van der Waals surface area (Å²) < 4.78 is 10.1. The third kappa shape index (κ3) is 3.70. The Balaban J connectivity index is 1.61. The standard InChI is InChI=1S/C19H20BrN7O/c1-26-12-23-17-16(13-4-5-15(28-2)14(20)10-13)24-19(25-18(17)26)22-6-3-8-27-9-7-21-11-27/h4-5,7,9-12H,3,6,8H2,1-2H3,(H,22,24,25). The summed E-state index contributed by atoms with van der Waals surface area (Å²) in [4.78, 5) is 17.9. The fraction of sp³-hybridized carbons (Fsp3) is 0.263. The number of imidazole rings is 2. The lowest BCUT2D eigenvalue weighted by Gasteiger charge is -2.10. The van der Waals surface area contributed by atoms with E-state index in [-0.39, 0.29) is 0 Å². The lowest BCUT2D eigenvalue weighted by molar-refractivity contribution is 0.412. The number of ether oxygens (including phenoxy) is 1. The van der Waals surface area contributed by atoms with Crippen molar-refractivity contribution in [1.82, 2.24) is 29.1 Å². The van der Waals surface area contributed by atoms with Crippen LogP contribution in [-0.4, -0.2) is 42.7 Å². The second kappa shape index (κ2) is 7.97. The van der Waals surface area contributed by atoms with Gasteiger partial charge >= 0.3 is 0 Å². The van der Waals surface area contributed by atoms with Crippen molar-refractivity contribution in [3.8, 4) is 17.0 Å². The summed E-state index contributed by atoms with van der Waals surface area (Å²) in [5, 5.41) is 3.33. The molecule has 0 bridgehead atoms. The molecule has 4 aromatic rings. The van der Waals surface area contributed by atoms with Crippen molar-refractivity contribution >= 4 is 33.0 Å². The molecule has 0 aliphatic carbocycles. The Bertz CT molecular complexity index is 1090. The second-order valence-corrected chi connectivity index (χ2v) is 7.21. The minimum absolute atomic E-state index is 0.587. The first kappa shape index (κ1) is 18.4. The number of halogens is 1. The molecule has 144 valence electrons. The SMILES string of the molecule is COc1ccc(-c2nc(NCCCn3ccnc3)nc3c2ncn3C)cc1Br. The molecule has 8 nitrogen and oxygen atoms in total. The maximum Gasteiger partial charge on any atom is 0.225 e. The Morgan fingerprint density at radius 2 is 2.11 bits per heavy atom. The van der Waals surface area contributed by atoms with Crippen LogP contribution in [0.2, 0.25) is 0 Å². The van der Waals surface area contributed by atoms with Gasteiger partial charge in [-0.2, -0.15) is 4.98 Å². The van der Waals surface area contributed by atoms with Crippen LogP contribution in [0.25, 0.3) is 22.4 Å². The van der Waals surface area contributed by atoms with Gasteiger partial charge in [0, 0.05) is 38.1 Å². The van der Waals surface area contributed by atoms with Crippen LogP contribution in [0.5, 0.6) is 5.75 Å². The maximum absolute atomic E-state index is 5.33. The number of nitrogens with zero attached hydrogens (tertiary/aromatic N) is 6. The highest BCUT2D eigenvalue weighted by Crippen LogP contribution is 2.32. The summed E-state index contributed by atoms with van der Waals surface area (Å²) >= 11 is 3.55. The van der Waals surface area contributed by atoms with Crippen molar-refractivity contribution in [1.29, 1.82) is 0 Å². The monoisotopic (exact) mass is 441 g/mol. The van der Waals surface area contributed by atoms with Crippen molar-refractivity contribution in [2.24, 2.45) is 7.05 Å². The first-order valence-electron chi connectivity index (χ1n) is 8.88. The molecule has 0 amide bonds. The van der Waals surface area contributed by atoms with Crippen LogP contribution < -0.4 is 10.1 Å². The molecule has 0 saturated heterocycles. The highest BCUT2D eigenvalue weighted by Gasteiger charge is 2.15. The first-order valence-corrected chi connectivity index (χ1v) is 9.67. The molecule has 0 saturated carbocycles. The van der Waals surface area contributed by atoms with Crippen LogP contribution in [0, 0.1) is 0 Å². The number of hydrogen-bond donors (Lipinski definition) is 1. The quantitative estimate of drug-likeness (QED) is 0.441. The highest BCUT2D eigenvalue weighted by atomic mass is 79.9. The Labute approximate surface area is 170 Å². The van der Waals surface area contributed by atoms with E-state index in [9.17, 15) is 0 Å². The van der Waals surface area contributed by atoms with Gasteiger partial charge in [-0.3, -0.25) is 0 Å². The van der Waals surface area contributed by atoms with Gasteiger partial charge in [0.15, 0.2) is 5.65 Å². The van der Waals surface area contributed by atoms with E-state index >= 15 is 0 Å². The number of fused-ring (bicyclic) bond motifs is 1. The van der Waals surface area contributed by atoms with Gasteiger partial charge in [0.1, 0.15) is 17.0 Å². The molecule has 1 N–H and O–H groups in total. The fourth-order valence-electron chi connectivity index (χ4n) is 2.98. The number of anilines is 1. The van der Waals surface area contributed by atoms with Gasteiger partial charge in [0.25, 0.3) is 0 Å². The molecule has 0 unspecified atom stereocenters. The molecular weight excluding hydrogens is 422 g/mol. The predicted octanol–water partition coefficient (Wildman–Crippen LogP) is 3.50. The van der Waals surface area contributed by atoms with E-state index in [1.807, 2.05) is 46.9 Å². The van der Waals surface area contributed by atoms with E-state index in [0.717, 1.165) is 52.2 Å². The van der Waals surface area contributed by atoms with Gasteiger partial charge in [-0.1, -0.05) is 0 Å². The predicted molar refractivity (Wildman–Crippen MR) is 111 cm³/mol. The highest BCUT2D eigenvalue weighted by molar-refractivity contribution is 9.10. The average molecular weight is 442 g/mol. The minimum atomic E-state index is 0.587. The lowest BCUT2D eigenvalue weighted by atomic mass is 10.1. The van der Waals surface area contributed by atoms with Gasteiger partial charge in [-0.25, -0.2) is 15.0 Å². The molecular formula is C19H20BrN7O. The first-order chi connectivity index (χ1) is 13.7. The molecule has 0 aliphatic heterocycles. The smallest absolute Gasteiger partial charge is 0.225 e. The Morgan fingerprint density at radius 3 is 2.86 bits per heavy atom. The maximum atomic E-state index is 5.33. The van der Waals surface area contributed by atoms with Gasteiger partial charge < -0.3 is 19.2 Å². The van der Waals surface area contributed by atoms with Crippen LogP contribution >= 0.6 is 15.9 Å². The number of benzene rings is 1. The summed E-state index contributed by atoms with van der Waals surface area (Å²) in [6.45, 7) is 1.65. The number of methoxy groups -OCH3 is 1. The zero-order valence-electron chi connectivity index (χ0n) is 15.6. The van der Waals surface area contributed by atoms with Crippen molar-refractivity contribution in [2.45, 2.75) is 13.0 Å². The molecule has 28 heavy (non-hydrogen) atoms. The normalized spacial score (nSPS) is 11.1. The van der Waals surface area contributed by atoms with Gasteiger partial charge in [-0.05, 0) is 40.5 Å². The number of aromatic nitrogens is 6. The van der Waals surface area contributed by atoms with Crippen molar-refractivity contribution in [3.63, 3.8) is 0 Å². The van der Waals surface area contributed by atoms with E-state index < -0.39 is 0 Å². The molecule has 1 aromatic carbocycles. The number of hydrogen-bond acceptors (Lipinski definition) is 6. The molecule has 0 radical (unpaired) electrons. The molecule has 3 heterocycles. The number of rotatable bonds is 7. The van der Waals surface area contributed by atoms with Crippen LogP contribution in [0.15, 0.2) is 47.7 Å². The van der Waals surface area contributed by atoms with Crippen molar-refractivity contribution in [2.75, 3.05) is 19.0 Å². The van der Waals surface area contributed by atoms with Crippen molar-refractivity contribution < 1.29 is 4.74 Å². The zero-order valence-corrected chi connectivity index (χ0v) is 17.2.